The molecule has 4 nitrogen and oxygen atoms in total. The molecule has 0 unspecified atom stereocenters. The van der Waals surface area contributed by atoms with Crippen molar-refractivity contribution in [3.05, 3.63) is 23.2 Å². The smallest absolute Gasteiger partial charge is 0.224 e. The van der Waals surface area contributed by atoms with Gasteiger partial charge in [-0.25, -0.2) is 9.37 Å². The predicted octanol–water partition coefficient (Wildman–Crippen LogP) is 3.87. The average molecular weight is 284 g/mol. The van der Waals surface area contributed by atoms with Crippen LogP contribution < -0.4 is 5.32 Å². The Labute approximate surface area is 115 Å². The average Bonchev–Trinajstić information content (AvgIpc) is 2.78. The van der Waals surface area contributed by atoms with Crippen LogP contribution >= 0.6 is 11.6 Å². The third-order valence-corrected chi connectivity index (χ3v) is 3.14. The third-order valence-electron chi connectivity index (χ3n) is 2.88. The Balaban J connectivity index is 2.17. The lowest BCUT2D eigenvalue weighted by Crippen LogP contribution is -2.10. The molecule has 0 aromatic carbocycles. The highest BCUT2D eigenvalue weighted by Gasteiger charge is 2.14. The lowest BCUT2D eigenvalue weighted by atomic mass is 10.2. The SMILES string of the molecule is CCCCCC(=O)Nc1c[nH]c2ncc(Cl)c(F)c12. The molecule has 2 aromatic heterocycles. The summed E-state index contributed by atoms with van der Waals surface area (Å²) in [5, 5.41) is 2.84. The molecule has 0 bridgehead atoms. The van der Waals surface area contributed by atoms with Crippen LogP contribution in [0.2, 0.25) is 5.02 Å². The maximum absolute atomic E-state index is 13.9. The van der Waals surface area contributed by atoms with Crippen LogP contribution in [0.15, 0.2) is 12.4 Å². The molecular weight excluding hydrogens is 269 g/mol. The molecule has 0 aliphatic heterocycles. The molecule has 2 aromatic rings. The molecule has 19 heavy (non-hydrogen) atoms. The van der Waals surface area contributed by atoms with Crippen LogP contribution in [-0.2, 0) is 4.79 Å². The van der Waals surface area contributed by atoms with Crippen LogP contribution in [0, 0.1) is 5.82 Å². The number of fused-ring (bicyclic) bond motifs is 1. The molecule has 0 spiro atoms. The van der Waals surface area contributed by atoms with Crippen molar-refractivity contribution in [2.45, 2.75) is 32.6 Å². The Kier molecular flexibility index (Phi) is 4.37. The van der Waals surface area contributed by atoms with E-state index in [-0.39, 0.29) is 16.3 Å². The van der Waals surface area contributed by atoms with Crippen LogP contribution in [0.25, 0.3) is 11.0 Å². The molecule has 0 saturated carbocycles. The second-order valence-electron chi connectivity index (χ2n) is 4.35. The lowest BCUT2D eigenvalue weighted by Gasteiger charge is -2.04. The van der Waals surface area contributed by atoms with Gasteiger partial charge in [0.15, 0.2) is 5.82 Å². The standard InChI is InChI=1S/C13H15ClFN3O/c1-2-3-4-5-10(19)18-9-7-17-13-11(9)12(15)8(14)6-16-13/h6-7H,2-5H2,1H3,(H,16,17)(H,18,19). The van der Waals surface area contributed by atoms with Crippen molar-refractivity contribution in [3.8, 4) is 0 Å². The first-order valence-corrected chi connectivity index (χ1v) is 6.62. The van der Waals surface area contributed by atoms with Crippen molar-refractivity contribution in [1.29, 1.82) is 0 Å². The molecule has 1 amide bonds. The highest BCUT2D eigenvalue weighted by Crippen LogP contribution is 2.28. The van der Waals surface area contributed by atoms with E-state index in [9.17, 15) is 9.18 Å². The highest BCUT2D eigenvalue weighted by atomic mass is 35.5. The summed E-state index contributed by atoms with van der Waals surface area (Å²) in [6.45, 7) is 2.07. The van der Waals surface area contributed by atoms with Gasteiger partial charge < -0.3 is 10.3 Å². The summed E-state index contributed by atoms with van der Waals surface area (Å²) >= 11 is 5.69. The number of nitrogens with one attached hydrogen (secondary N) is 2. The number of aromatic amines is 1. The van der Waals surface area contributed by atoms with Crippen LogP contribution in [-0.4, -0.2) is 15.9 Å². The van der Waals surface area contributed by atoms with Crippen LogP contribution in [0.3, 0.4) is 0 Å². The van der Waals surface area contributed by atoms with Crippen LogP contribution in [0.5, 0.6) is 0 Å². The minimum Gasteiger partial charge on any atom is -0.344 e. The zero-order chi connectivity index (χ0) is 13.8. The molecule has 0 saturated heterocycles. The number of nitrogens with zero attached hydrogens (tertiary/aromatic N) is 1. The van der Waals surface area contributed by atoms with E-state index < -0.39 is 5.82 Å². The second kappa shape index (κ2) is 6.02. The number of carbonyl (C=O) groups is 1. The van der Waals surface area contributed by atoms with E-state index in [1.54, 1.807) is 0 Å². The Morgan fingerprint density at radius 2 is 2.32 bits per heavy atom. The maximum Gasteiger partial charge on any atom is 0.224 e. The summed E-state index contributed by atoms with van der Waals surface area (Å²) in [5.74, 6) is -0.703. The number of hydrogen-bond donors (Lipinski definition) is 2. The topological polar surface area (TPSA) is 57.8 Å². The van der Waals surface area contributed by atoms with Gasteiger partial charge in [0.25, 0.3) is 0 Å². The van der Waals surface area contributed by atoms with Crippen LogP contribution in [0.4, 0.5) is 10.1 Å². The molecule has 0 radical (unpaired) electrons. The number of H-pyrrole nitrogens is 1. The van der Waals surface area contributed by atoms with Gasteiger partial charge in [0.05, 0.1) is 22.3 Å². The zero-order valence-corrected chi connectivity index (χ0v) is 11.4. The first-order valence-electron chi connectivity index (χ1n) is 6.24. The summed E-state index contributed by atoms with van der Waals surface area (Å²) in [6, 6.07) is 0. The van der Waals surface area contributed by atoms with Crippen molar-refractivity contribution in [2.75, 3.05) is 5.32 Å². The predicted molar refractivity (Wildman–Crippen MR) is 73.8 cm³/mol. The van der Waals surface area contributed by atoms with Crippen molar-refractivity contribution < 1.29 is 9.18 Å². The number of hydrogen-bond acceptors (Lipinski definition) is 2. The van der Waals surface area contributed by atoms with E-state index in [2.05, 4.69) is 22.2 Å². The molecular formula is C13H15ClFN3O. The summed E-state index contributed by atoms with van der Waals surface area (Å²) in [7, 11) is 0. The minimum atomic E-state index is -0.572. The number of aromatic nitrogens is 2. The zero-order valence-electron chi connectivity index (χ0n) is 10.6. The van der Waals surface area contributed by atoms with Crippen molar-refractivity contribution >= 4 is 34.2 Å². The van der Waals surface area contributed by atoms with E-state index >= 15 is 0 Å². The number of halogens is 2. The number of rotatable bonds is 5. The van der Waals surface area contributed by atoms with Gasteiger partial charge in [0, 0.05) is 12.6 Å². The lowest BCUT2D eigenvalue weighted by molar-refractivity contribution is -0.116. The molecule has 0 aliphatic carbocycles. The number of unbranched alkanes of at least 4 members (excludes halogenated alkanes) is 2. The van der Waals surface area contributed by atoms with Gasteiger partial charge in [-0.1, -0.05) is 31.4 Å². The van der Waals surface area contributed by atoms with E-state index in [1.807, 2.05) is 0 Å². The van der Waals surface area contributed by atoms with Gasteiger partial charge in [-0.15, -0.1) is 0 Å². The van der Waals surface area contributed by atoms with Crippen LogP contribution in [0.1, 0.15) is 32.6 Å². The fraction of sp³-hybridized carbons (Fsp3) is 0.385. The Morgan fingerprint density at radius 3 is 3.05 bits per heavy atom. The first kappa shape index (κ1) is 13.8. The summed E-state index contributed by atoms with van der Waals surface area (Å²) in [5.41, 5.74) is 0.745. The molecule has 2 rings (SSSR count). The fourth-order valence-corrected chi connectivity index (χ4v) is 2.02. The van der Waals surface area contributed by atoms with Gasteiger partial charge in [0.2, 0.25) is 5.91 Å². The molecule has 0 fully saturated rings. The monoisotopic (exact) mass is 283 g/mol. The van der Waals surface area contributed by atoms with Gasteiger partial charge in [-0.05, 0) is 6.42 Å². The van der Waals surface area contributed by atoms with Gasteiger partial charge >= 0.3 is 0 Å². The quantitative estimate of drug-likeness (QED) is 0.818. The van der Waals surface area contributed by atoms with E-state index in [0.717, 1.165) is 19.3 Å². The molecule has 0 atom stereocenters. The van der Waals surface area contributed by atoms with Crippen molar-refractivity contribution in [3.63, 3.8) is 0 Å². The number of anilines is 1. The molecule has 0 aliphatic rings. The molecule has 2 heterocycles. The minimum absolute atomic E-state index is 0.0615. The van der Waals surface area contributed by atoms with E-state index in [4.69, 9.17) is 11.6 Å². The summed E-state index contributed by atoms with van der Waals surface area (Å²) in [6.07, 6.45) is 6.07. The Morgan fingerprint density at radius 1 is 1.53 bits per heavy atom. The third kappa shape index (κ3) is 3.04. The fourth-order valence-electron chi connectivity index (χ4n) is 1.88. The largest absolute Gasteiger partial charge is 0.344 e. The van der Waals surface area contributed by atoms with Gasteiger partial charge in [0.1, 0.15) is 5.65 Å². The van der Waals surface area contributed by atoms with E-state index in [1.165, 1.54) is 12.4 Å². The highest BCUT2D eigenvalue weighted by molar-refractivity contribution is 6.31. The van der Waals surface area contributed by atoms with E-state index in [0.29, 0.717) is 17.8 Å². The molecule has 102 valence electrons. The number of pyridine rings is 1. The van der Waals surface area contributed by atoms with Crippen molar-refractivity contribution in [1.82, 2.24) is 9.97 Å². The van der Waals surface area contributed by atoms with Crippen molar-refractivity contribution in [2.24, 2.45) is 0 Å². The maximum atomic E-state index is 13.9. The van der Waals surface area contributed by atoms with Gasteiger partial charge in [-0.3, -0.25) is 4.79 Å². The number of carbonyl (C=O) groups excluding carboxylic acids is 1. The Hall–Kier alpha value is -1.62. The summed E-state index contributed by atoms with van der Waals surface area (Å²) < 4.78 is 13.9. The van der Waals surface area contributed by atoms with Gasteiger partial charge in [-0.2, -0.15) is 0 Å². The first-order chi connectivity index (χ1) is 9.13. The molecule has 6 heteroatoms. The Bertz CT molecular complexity index is 597. The molecule has 2 N–H and O–H groups in total. The normalized spacial score (nSPS) is 10.9. The number of amides is 1. The summed E-state index contributed by atoms with van der Waals surface area (Å²) in [4.78, 5) is 18.5. The second-order valence-corrected chi connectivity index (χ2v) is 4.76.